The minimum Gasteiger partial charge on any atom is -0.489 e. The summed E-state index contributed by atoms with van der Waals surface area (Å²) in [6.07, 6.45) is -4.38. The zero-order valence-corrected chi connectivity index (χ0v) is 11.8. The van der Waals surface area contributed by atoms with E-state index in [4.69, 9.17) is 10.5 Å². The first-order valence-electron chi connectivity index (χ1n) is 5.69. The molecule has 2 N–H and O–H groups in total. The molecule has 0 aliphatic carbocycles. The van der Waals surface area contributed by atoms with Crippen LogP contribution in [0.5, 0.6) is 5.75 Å². The molecular weight excluding hydrogens is 335 g/mol. The van der Waals surface area contributed by atoms with E-state index in [1.807, 2.05) is 0 Å². The van der Waals surface area contributed by atoms with Gasteiger partial charge >= 0.3 is 6.18 Å². The number of ether oxygens (including phenoxy) is 1. The summed E-state index contributed by atoms with van der Waals surface area (Å²) in [5.41, 5.74) is 6.27. The van der Waals surface area contributed by atoms with Crippen LogP contribution < -0.4 is 10.5 Å². The predicted molar refractivity (Wildman–Crippen MR) is 74.3 cm³/mol. The first-order chi connectivity index (χ1) is 9.34. The average Bonchev–Trinajstić information content (AvgIpc) is 2.35. The Hall–Kier alpha value is -1.69. The van der Waals surface area contributed by atoms with Gasteiger partial charge in [-0.25, -0.2) is 0 Å². The first kappa shape index (κ1) is 14.7. The van der Waals surface area contributed by atoms with Gasteiger partial charge in [-0.05, 0) is 42.0 Å². The maximum absolute atomic E-state index is 12.6. The van der Waals surface area contributed by atoms with Gasteiger partial charge in [-0.2, -0.15) is 13.2 Å². The van der Waals surface area contributed by atoms with Crippen LogP contribution in [0.1, 0.15) is 11.1 Å². The van der Waals surface area contributed by atoms with Crippen LogP contribution in [-0.4, -0.2) is 0 Å². The molecule has 0 saturated heterocycles. The molecule has 0 heterocycles. The number of rotatable bonds is 3. The lowest BCUT2D eigenvalue weighted by Gasteiger charge is -2.10. The summed E-state index contributed by atoms with van der Waals surface area (Å²) in [5.74, 6) is 0.165. The smallest absolute Gasteiger partial charge is 0.416 e. The topological polar surface area (TPSA) is 35.2 Å². The molecule has 0 bridgehead atoms. The summed E-state index contributed by atoms with van der Waals surface area (Å²) in [4.78, 5) is 0. The molecule has 2 aromatic rings. The Morgan fingerprint density at radius 3 is 2.50 bits per heavy atom. The van der Waals surface area contributed by atoms with Crippen LogP contribution in [0.3, 0.4) is 0 Å². The molecule has 20 heavy (non-hydrogen) atoms. The molecule has 0 amide bonds. The third kappa shape index (κ3) is 3.90. The van der Waals surface area contributed by atoms with Gasteiger partial charge in [0.1, 0.15) is 12.4 Å². The molecule has 2 nitrogen and oxygen atoms in total. The Morgan fingerprint density at radius 1 is 1.10 bits per heavy atom. The number of hydrogen-bond acceptors (Lipinski definition) is 2. The van der Waals surface area contributed by atoms with E-state index >= 15 is 0 Å². The zero-order chi connectivity index (χ0) is 14.8. The Kier molecular flexibility index (Phi) is 4.23. The summed E-state index contributed by atoms with van der Waals surface area (Å²) in [7, 11) is 0. The molecule has 106 valence electrons. The molecule has 0 aromatic heterocycles. The Balaban J connectivity index is 2.11. The van der Waals surface area contributed by atoms with E-state index in [0.717, 1.165) is 22.2 Å². The van der Waals surface area contributed by atoms with Gasteiger partial charge in [-0.3, -0.25) is 0 Å². The second-order valence-electron chi connectivity index (χ2n) is 4.21. The number of benzene rings is 2. The van der Waals surface area contributed by atoms with Crippen molar-refractivity contribution < 1.29 is 17.9 Å². The van der Waals surface area contributed by atoms with E-state index in [2.05, 4.69) is 15.9 Å². The van der Waals surface area contributed by atoms with Crippen molar-refractivity contribution in [2.75, 3.05) is 5.73 Å². The fourth-order valence-electron chi connectivity index (χ4n) is 1.69. The lowest BCUT2D eigenvalue weighted by molar-refractivity contribution is -0.137. The normalized spacial score (nSPS) is 11.4. The molecule has 2 rings (SSSR count). The third-order valence-electron chi connectivity index (χ3n) is 2.55. The van der Waals surface area contributed by atoms with E-state index < -0.39 is 11.7 Å². The molecule has 0 saturated carbocycles. The van der Waals surface area contributed by atoms with E-state index in [0.29, 0.717) is 5.69 Å². The fraction of sp³-hybridized carbons (Fsp3) is 0.143. The van der Waals surface area contributed by atoms with Crippen molar-refractivity contribution in [2.24, 2.45) is 0 Å². The molecule has 0 atom stereocenters. The average molecular weight is 346 g/mol. The highest BCUT2D eigenvalue weighted by molar-refractivity contribution is 9.10. The van der Waals surface area contributed by atoms with Gasteiger partial charge in [0.25, 0.3) is 0 Å². The summed E-state index contributed by atoms with van der Waals surface area (Å²) in [6, 6.07) is 10.0. The molecular formula is C14H11BrF3NO. The van der Waals surface area contributed by atoms with Gasteiger partial charge in [0.05, 0.1) is 5.56 Å². The maximum Gasteiger partial charge on any atom is 0.416 e. The zero-order valence-electron chi connectivity index (χ0n) is 10.2. The third-order valence-corrected chi connectivity index (χ3v) is 3.00. The van der Waals surface area contributed by atoms with Crippen molar-refractivity contribution in [3.8, 4) is 5.75 Å². The SMILES string of the molecule is Nc1cc(Br)cc(COc2cccc(C(F)(F)F)c2)c1. The molecule has 0 aliphatic rings. The number of halogens is 4. The van der Waals surface area contributed by atoms with Crippen LogP contribution in [0.25, 0.3) is 0 Å². The van der Waals surface area contributed by atoms with Crippen molar-refractivity contribution in [1.29, 1.82) is 0 Å². The monoisotopic (exact) mass is 345 g/mol. The van der Waals surface area contributed by atoms with E-state index in [-0.39, 0.29) is 12.4 Å². The maximum atomic E-state index is 12.6. The standard InChI is InChI=1S/C14H11BrF3NO/c15-11-4-9(5-12(19)7-11)8-20-13-3-1-2-10(6-13)14(16,17)18/h1-7H,8,19H2. The van der Waals surface area contributed by atoms with Gasteiger partial charge in [0.15, 0.2) is 0 Å². The van der Waals surface area contributed by atoms with Gasteiger partial charge in [-0.1, -0.05) is 22.0 Å². The summed E-state index contributed by atoms with van der Waals surface area (Å²) >= 11 is 3.29. The van der Waals surface area contributed by atoms with Gasteiger partial charge in [0, 0.05) is 10.2 Å². The van der Waals surface area contributed by atoms with Gasteiger partial charge < -0.3 is 10.5 Å². The lowest BCUT2D eigenvalue weighted by Crippen LogP contribution is -2.05. The highest BCUT2D eigenvalue weighted by Crippen LogP contribution is 2.31. The van der Waals surface area contributed by atoms with Crippen molar-refractivity contribution in [1.82, 2.24) is 0 Å². The van der Waals surface area contributed by atoms with Crippen molar-refractivity contribution in [3.63, 3.8) is 0 Å². The minimum atomic E-state index is -4.38. The van der Waals surface area contributed by atoms with Crippen molar-refractivity contribution in [2.45, 2.75) is 12.8 Å². The fourth-order valence-corrected chi connectivity index (χ4v) is 2.25. The number of nitrogens with two attached hydrogens (primary N) is 1. The second-order valence-corrected chi connectivity index (χ2v) is 5.12. The number of alkyl halides is 3. The van der Waals surface area contributed by atoms with E-state index in [1.165, 1.54) is 12.1 Å². The minimum absolute atomic E-state index is 0.144. The van der Waals surface area contributed by atoms with Crippen LogP contribution in [0.2, 0.25) is 0 Å². The van der Waals surface area contributed by atoms with Crippen LogP contribution in [0.4, 0.5) is 18.9 Å². The molecule has 0 radical (unpaired) electrons. The lowest BCUT2D eigenvalue weighted by atomic mass is 10.2. The molecule has 0 aliphatic heterocycles. The van der Waals surface area contributed by atoms with Gasteiger partial charge in [0.2, 0.25) is 0 Å². The molecule has 0 spiro atoms. The second kappa shape index (κ2) is 5.75. The van der Waals surface area contributed by atoms with Crippen molar-refractivity contribution in [3.05, 3.63) is 58.1 Å². The number of hydrogen-bond donors (Lipinski definition) is 1. The summed E-state index contributed by atoms with van der Waals surface area (Å²) in [5, 5.41) is 0. The van der Waals surface area contributed by atoms with Crippen LogP contribution in [0, 0.1) is 0 Å². The molecule has 0 fully saturated rings. The molecule has 0 unspecified atom stereocenters. The quantitative estimate of drug-likeness (QED) is 0.823. The van der Waals surface area contributed by atoms with Crippen LogP contribution in [0.15, 0.2) is 46.9 Å². The van der Waals surface area contributed by atoms with Crippen molar-refractivity contribution >= 4 is 21.6 Å². The predicted octanol–water partition coefficient (Wildman–Crippen LogP) is 4.63. The summed E-state index contributed by atoms with van der Waals surface area (Å²) in [6.45, 7) is 0.144. The van der Waals surface area contributed by atoms with E-state index in [9.17, 15) is 13.2 Å². The van der Waals surface area contributed by atoms with Crippen LogP contribution >= 0.6 is 15.9 Å². The molecule has 6 heteroatoms. The van der Waals surface area contributed by atoms with Gasteiger partial charge in [-0.15, -0.1) is 0 Å². The summed E-state index contributed by atoms with van der Waals surface area (Å²) < 4.78 is 43.8. The highest BCUT2D eigenvalue weighted by atomic mass is 79.9. The highest BCUT2D eigenvalue weighted by Gasteiger charge is 2.30. The largest absolute Gasteiger partial charge is 0.489 e. The van der Waals surface area contributed by atoms with Crippen LogP contribution in [-0.2, 0) is 12.8 Å². The Bertz CT molecular complexity index is 593. The Labute approximate surface area is 122 Å². The number of anilines is 1. The Morgan fingerprint density at radius 2 is 1.85 bits per heavy atom. The number of nitrogen functional groups attached to an aromatic ring is 1. The first-order valence-corrected chi connectivity index (χ1v) is 6.49. The molecule has 2 aromatic carbocycles. The van der Waals surface area contributed by atoms with E-state index in [1.54, 1.807) is 18.2 Å².